The predicted molar refractivity (Wildman–Crippen MR) is 129 cm³/mol. The zero-order chi connectivity index (χ0) is 22.8. The smallest absolute Gasteiger partial charge is 0.231 e. The third-order valence-electron chi connectivity index (χ3n) is 6.03. The van der Waals surface area contributed by atoms with E-state index in [1.54, 1.807) is 7.11 Å². The van der Waals surface area contributed by atoms with Crippen molar-refractivity contribution >= 4 is 17.7 Å². The first kappa shape index (κ1) is 21.7. The summed E-state index contributed by atoms with van der Waals surface area (Å²) in [6, 6.07) is 18.1. The number of hydrogen-bond donors (Lipinski definition) is 1. The molecule has 5 nitrogen and oxygen atoms in total. The van der Waals surface area contributed by atoms with Gasteiger partial charge in [0, 0.05) is 6.54 Å². The summed E-state index contributed by atoms with van der Waals surface area (Å²) in [5.74, 6) is 2.96. The molecule has 2 heterocycles. The van der Waals surface area contributed by atoms with Gasteiger partial charge in [0.2, 0.25) is 6.79 Å². The normalized spacial score (nSPS) is 18.9. The molecule has 170 valence electrons. The second-order valence-electron chi connectivity index (χ2n) is 8.18. The average molecular weight is 464 g/mol. The maximum atomic E-state index is 6.69. The molecule has 33 heavy (non-hydrogen) atoms. The van der Waals surface area contributed by atoms with Gasteiger partial charge in [0.25, 0.3) is 0 Å². The average Bonchev–Trinajstić information content (AvgIpc) is 3.29. The fourth-order valence-corrected chi connectivity index (χ4v) is 4.48. The highest BCUT2D eigenvalue weighted by Gasteiger charge is 2.27. The van der Waals surface area contributed by atoms with Crippen LogP contribution in [0.15, 0.2) is 60.7 Å². The van der Waals surface area contributed by atoms with Crippen LogP contribution in [0, 0.1) is 6.92 Å². The fraction of sp³-hybridized carbons (Fsp3) is 0.259. The minimum Gasteiger partial charge on any atom is -0.493 e. The van der Waals surface area contributed by atoms with E-state index in [1.165, 1.54) is 0 Å². The molecule has 1 N–H and O–H groups in total. The van der Waals surface area contributed by atoms with Crippen LogP contribution in [0.4, 0.5) is 0 Å². The van der Waals surface area contributed by atoms with Gasteiger partial charge >= 0.3 is 0 Å². The summed E-state index contributed by atoms with van der Waals surface area (Å²) in [7, 11) is 1.66. The number of methoxy groups -OCH3 is 1. The van der Waals surface area contributed by atoms with Gasteiger partial charge in [-0.3, -0.25) is 0 Å². The van der Waals surface area contributed by atoms with Crippen molar-refractivity contribution in [1.29, 1.82) is 0 Å². The second kappa shape index (κ2) is 9.38. The van der Waals surface area contributed by atoms with Crippen LogP contribution in [-0.4, -0.2) is 20.4 Å². The van der Waals surface area contributed by atoms with Crippen LogP contribution in [0.5, 0.6) is 23.0 Å². The number of aryl methyl sites for hydroxylation is 1. The summed E-state index contributed by atoms with van der Waals surface area (Å²) in [6.45, 7) is 3.46. The molecular formula is C27H26ClNO4. The Bertz CT molecular complexity index is 1180. The Hall–Kier alpha value is -3.15. The predicted octanol–water partition coefficient (Wildman–Crippen LogP) is 5.95. The van der Waals surface area contributed by atoms with Gasteiger partial charge in [0.15, 0.2) is 23.0 Å². The van der Waals surface area contributed by atoms with Crippen molar-refractivity contribution in [1.82, 2.24) is 5.32 Å². The van der Waals surface area contributed by atoms with Crippen LogP contribution in [0.2, 0.25) is 0 Å². The molecule has 5 rings (SSSR count). The van der Waals surface area contributed by atoms with Gasteiger partial charge in [-0.1, -0.05) is 42.5 Å². The van der Waals surface area contributed by atoms with E-state index in [0.717, 1.165) is 39.3 Å². The summed E-state index contributed by atoms with van der Waals surface area (Å²) < 4.78 is 22.8. The van der Waals surface area contributed by atoms with Crippen LogP contribution in [0.25, 0.3) is 6.08 Å². The number of alkyl halides is 1. The summed E-state index contributed by atoms with van der Waals surface area (Å²) in [5, 5.41) is 3.37. The molecule has 3 aromatic carbocycles. The molecule has 0 aliphatic carbocycles. The van der Waals surface area contributed by atoms with E-state index >= 15 is 0 Å². The lowest BCUT2D eigenvalue weighted by Gasteiger charge is -2.29. The van der Waals surface area contributed by atoms with Crippen molar-refractivity contribution in [2.45, 2.75) is 24.9 Å². The number of fused-ring (bicyclic) bond motifs is 2. The Morgan fingerprint density at radius 3 is 2.58 bits per heavy atom. The van der Waals surface area contributed by atoms with Crippen molar-refractivity contribution in [2.75, 3.05) is 20.4 Å². The number of hydrogen-bond acceptors (Lipinski definition) is 5. The molecule has 2 aliphatic heterocycles. The lowest BCUT2D eigenvalue weighted by molar-refractivity contribution is 0.174. The standard InChI is InChI=1S/C27H26ClNO4/c1-17-10-25-26(33-16-32-25)11-19(17)8-9-23-21-13-24(30-2)27(12-20(21)22(28)14-29-23)31-15-18-6-4-3-5-7-18/h3-13,22-23,29H,14-16H2,1-2H3/b9-8+. The first-order valence-electron chi connectivity index (χ1n) is 11.0. The number of halogens is 1. The zero-order valence-corrected chi connectivity index (χ0v) is 19.4. The fourth-order valence-electron chi connectivity index (χ4n) is 4.20. The Labute approximate surface area is 198 Å². The molecule has 0 aromatic heterocycles. The molecule has 2 unspecified atom stereocenters. The Morgan fingerprint density at radius 2 is 1.79 bits per heavy atom. The van der Waals surface area contributed by atoms with E-state index in [9.17, 15) is 0 Å². The lowest BCUT2D eigenvalue weighted by atomic mass is 9.92. The summed E-state index contributed by atoms with van der Waals surface area (Å²) in [4.78, 5) is 0. The van der Waals surface area contributed by atoms with Gasteiger partial charge in [-0.2, -0.15) is 0 Å². The summed E-state index contributed by atoms with van der Waals surface area (Å²) in [5.41, 5.74) is 5.45. The molecular weight excluding hydrogens is 438 g/mol. The van der Waals surface area contributed by atoms with Gasteiger partial charge in [0.05, 0.1) is 18.5 Å². The van der Waals surface area contributed by atoms with Crippen LogP contribution in [0.1, 0.15) is 39.2 Å². The van der Waals surface area contributed by atoms with Crippen molar-refractivity contribution in [3.8, 4) is 23.0 Å². The van der Waals surface area contributed by atoms with Crippen molar-refractivity contribution < 1.29 is 18.9 Å². The highest BCUT2D eigenvalue weighted by molar-refractivity contribution is 6.21. The Morgan fingerprint density at radius 1 is 1.03 bits per heavy atom. The van der Waals surface area contributed by atoms with Crippen LogP contribution >= 0.6 is 11.6 Å². The maximum absolute atomic E-state index is 6.69. The van der Waals surface area contributed by atoms with E-state index in [4.69, 9.17) is 30.5 Å². The maximum Gasteiger partial charge on any atom is 0.231 e. The molecule has 3 aromatic rings. The van der Waals surface area contributed by atoms with Crippen LogP contribution in [0.3, 0.4) is 0 Å². The third kappa shape index (κ3) is 4.52. The zero-order valence-electron chi connectivity index (χ0n) is 18.6. The molecule has 0 fully saturated rings. The monoisotopic (exact) mass is 463 g/mol. The van der Waals surface area contributed by atoms with E-state index in [2.05, 4.69) is 24.4 Å². The second-order valence-corrected chi connectivity index (χ2v) is 8.71. The van der Waals surface area contributed by atoms with Gasteiger partial charge in [-0.05, 0) is 59.0 Å². The third-order valence-corrected chi connectivity index (χ3v) is 6.41. The minimum atomic E-state index is -0.151. The quantitative estimate of drug-likeness (QED) is 0.458. The Kier molecular flexibility index (Phi) is 6.16. The molecule has 0 saturated heterocycles. The highest BCUT2D eigenvalue weighted by atomic mass is 35.5. The SMILES string of the molecule is COc1cc2c(cc1OCc1ccccc1)C(Cl)CNC2/C=C/c1cc2c(cc1C)OCO2. The summed E-state index contributed by atoms with van der Waals surface area (Å²) >= 11 is 6.69. The number of benzene rings is 3. The van der Waals surface area contributed by atoms with Crippen molar-refractivity contribution in [2.24, 2.45) is 0 Å². The van der Waals surface area contributed by atoms with Gasteiger partial charge in [-0.25, -0.2) is 0 Å². The lowest BCUT2D eigenvalue weighted by Crippen LogP contribution is -2.30. The van der Waals surface area contributed by atoms with Crippen molar-refractivity contribution in [3.63, 3.8) is 0 Å². The number of rotatable bonds is 6. The van der Waals surface area contributed by atoms with Gasteiger partial charge in [-0.15, -0.1) is 11.6 Å². The van der Waals surface area contributed by atoms with E-state index in [1.807, 2.05) is 54.6 Å². The van der Waals surface area contributed by atoms with E-state index < -0.39 is 0 Å². The minimum absolute atomic E-state index is 0.00287. The molecule has 0 radical (unpaired) electrons. The molecule has 0 bridgehead atoms. The molecule has 2 aliphatic rings. The van der Waals surface area contributed by atoms with Crippen LogP contribution in [-0.2, 0) is 6.61 Å². The van der Waals surface area contributed by atoms with Gasteiger partial charge < -0.3 is 24.3 Å². The highest BCUT2D eigenvalue weighted by Crippen LogP contribution is 2.41. The van der Waals surface area contributed by atoms with E-state index in [0.29, 0.717) is 24.7 Å². The first-order chi connectivity index (χ1) is 16.1. The van der Waals surface area contributed by atoms with Gasteiger partial charge in [0.1, 0.15) is 6.61 Å². The topological polar surface area (TPSA) is 49.0 Å². The summed E-state index contributed by atoms with van der Waals surface area (Å²) in [6.07, 6.45) is 4.26. The Balaban J connectivity index is 1.42. The molecule has 0 amide bonds. The molecule has 6 heteroatoms. The largest absolute Gasteiger partial charge is 0.493 e. The molecule has 0 saturated carbocycles. The van der Waals surface area contributed by atoms with Crippen molar-refractivity contribution in [3.05, 3.63) is 88.5 Å². The molecule has 2 atom stereocenters. The number of ether oxygens (including phenoxy) is 4. The first-order valence-corrected chi connectivity index (χ1v) is 11.4. The van der Waals surface area contributed by atoms with E-state index in [-0.39, 0.29) is 18.2 Å². The van der Waals surface area contributed by atoms with Crippen LogP contribution < -0.4 is 24.3 Å². The number of nitrogens with one attached hydrogen (secondary N) is 1. The molecule has 0 spiro atoms.